The van der Waals surface area contributed by atoms with Gasteiger partial charge in [-0.3, -0.25) is 0 Å². The topological polar surface area (TPSA) is 21.6 Å². The first-order valence-corrected chi connectivity index (χ1v) is 3.68. The summed E-state index contributed by atoms with van der Waals surface area (Å²) >= 11 is 5.50. The third-order valence-corrected chi connectivity index (χ3v) is 2.03. The second-order valence-corrected chi connectivity index (χ2v) is 2.67. The molecule has 0 saturated carbocycles. The van der Waals surface area contributed by atoms with Gasteiger partial charge in [0.05, 0.1) is 0 Å². The fourth-order valence-electron chi connectivity index (χ4n) is 0.799. The first-order valence-electron chi connectivity index (χ1n) is 3.24. The van der Waals surface area contributed by atoms with Gasteiger partial charge < -0.3 is 4.74 Å². The summed E-state index contributed by atoms with van der Waals surface area (Å²) in [6, 6.07) is 0. The molecule has 0 aromatic carbocycles. The Bertz CT molecular complexity index is 191. The van der Waals surface area contributed by atoms with Crippen LogP contribution in [0.15, 0.2) is 16.3 Å². The van der Waals surface area contributed by atoms with Crippen LogP contribution in [0.2, 0.25) is 0 Å². The molecule has 11 heavy (non-hydrogen) atoms. The van der Waals surface area contributed by atoms with Crippen molar-refractivity contribution < 1.29 is 4.74 Å². The fourth-order valence-corrected chi connectivity index (χ4v) is 1.09. The lowest BCUT2D eigenvalue weighted by Gasteiger charge is -2.16. The van der Waals surface area contributed by atoms with Gasteiger partial charge in [-0.2, -0.15) is 0 Å². The molecule has 0 aromatic rings. The number of rotatable bonds is 1. The van der Waals surface area contributed by atoms with Gasteiger partial charge in [-0.15, -0.1) is 12.4 Å². The average Bonchev–Trinajstić information content (AvgIpc) is 2.32. The van der Waals surface area contributed by atoms with Crippen LogP contribution in [0.25, 0.3) is 0 Å². The van der Waals surface area contributed by atoms with Gasteiger partial charge in [-0.25, -0.2) is 4.99 Å². The van der Waals surface area contributed by atoms with E-state index in [2.05, 4.69) is 4.99 Å². The van der Waals surface area contributed by atoms with Crippen LogP contribution in [-0.2, 0) is 4.74 Å². The summed E-state index contributed by atoms with van der Waals surface area (Å²) < 4.78 is 5.05. The van der Waals surface area contributed by atoms with Crippen molar-refractivity contribution in [2.75, 3.05) is 0 Å². The molecule has 1 heterocycles. The maximum atomic E-state index is 5.50. The Morgan fingerprint density at radius 2 is 2.45 bits per heavy atom. The second-order valence-electron chi connectivity index (χ2n) is 2.45. The van der Waals surface area contributed by atoms with Crippen molar-refractivity contribution in [1.82, 2.24) is 0 Å². The third-order valence-electron chi connectivity index (χ3n) is 1.84. The summed E-state index contributed by atoms with van der Waals surface area (Å²) in [6.45, 7) is 4.04. The number of ether oxygens (including phenoxy) is 1. The molecule has 4 heteroatoms. The van der Waals surface area contributed by atoms with E-state index >= 15 is 0 Å². The molecule has 2 nitrogen and oxygen atoms in total. The zero-order valence-electron chi connectivity index (χ0n) is 6.50. The van der Waals surface area contributed by atoms with Gasteiger partial charge in [0.1, 0.15) is 11.3 Å². The summed E-state index contributed by atoms with van der Waals surface area (Å²) in [5, 5.41) is 0. The maximum absolute atomic E-state index is 5.50. The molecule has 1 rings (SSSR count). The Balaban J connectivity index is 0.000001000. The molecule has 0 saturated heterocycles. The first-order chi connectivity index (χ1) is 4.73. The molecule has 0 amide bonds. The molecule has 1 atom stereocenters. The lowest BCUT2D eigenvalue weighted by Crippen LogP contribution is -2.19. The van der Waals surface area contributed by atoms with E-state index in [0.29, 0.717) is 0 Å². The Hall–Kier alpha value is -0.210. The predicted octanol–water partition coefficient (Wildman–Crippen LogP) is 2.72. The number of hydrogen-bond donors (Lipinski definition) is 0. The average molecular weight is 196 g/mol. The molecule has 0 aliphatic carbocycles. The van der Waals surface area contributed by atoms with Crippen molar-refractivity contribution in [3.63, 3.8) is 0 Å². The van der Waals surface area contributed by atoms with Gasteiger partial charge in [0.25, 0.3) is 0 Å². The van der Waals surface area contributed by atoms with E-state index in [4.69, 9.17) is 16.3 Å². The molecular formula is C7H11Cl2NO. The minimum absolute atomic E-state index is 0. The monoisotopic (exact) mass is 195 g/mol. The van der Waals surface area contributed by atoms with E-state index in [0.717, 1.165) is 12.2 Å². The molecule has 0 fully saturated rings. The maximum Gasteiger partial charge on any atom is 0.177 e. The highest BCUT2D eigenvalue weighted by Crippen LogP contribution is 2.29. The van der Waals surface area contributed by atoms with Gasteiger partial charge >= 0.3 is 0 Å². The summed E-state index contributed by atoms with van der Waals surface area (Å²) in [4.78, 5) is 4.14. The van der Waals surface area contributed by atoms with E-state index in [-0.39, 0.29) is 17.9 Å². The summed E-state index contributed by atoms with van der Waals surface area (Å²) in [6.07, 6.45) is 2.35. The van der Waals surface area contributed by atoms with Gasteiger partial charge in [0.2, 0.25) is 0 Å². The highest BCUT2D eigenvalue weighted by atomic mass is 35.5. The van der Waals surface area contributed by atoms with Crippen LogP contribution in [0.4, 0.5) is 0 Å². The quantitative estimate of drug-likeness (QED) is 0.631. The number of aliphatic imine (C=N–C) groups is 1. The molecule has 0 spiro atoms. The Morgan fingerprint density at radius 1 is 1.82 bits per heavy atom. The van der Waals surface area contributed by atoms with Crippen LogP contribution < -0.4 is 0 Å². The molecule has 0 bridgehead atoms. The lowest BCUT2D eigenvalue weighted by molar-refractivity contribution is 0.371. The highest BCUT2D eigenvalue weighted by molar-refractivity contribution is 6.25. The minimum Gasteiger partial charge on any atom is -0.447 e. The van der Waals surface area contributed by atoms with Crippen molar-refractivity contribution in [2.45, 2.75) is 25.8 Å². The van der Waals surface area contributed by atoms with E-state index in [1.165, 1.54) is 11.9 Å². The number of halogens is 2. The van der Waals surface area contributed by atoms with E-state index in [1.54, 1.807) is 0 Å². The summed E-state index contributed by atoms with van der Waals surface area (Å²) in [5.41, 5.74) is 1.22. The van der Waals surface area contributed by atoms with Crippen LogP contribution in [0.1, 0.15) is 20.3 Å². The fraction of sp³-hybridized carbons (Fsp3) is 0.571. The Kier molecular flexibility index (Phi) is 3.90. The molecule has 1 unspecified atom stereocenters. The van der Waals surface area contributed by atoms with Gasteiger partial charge in [-0.05, 0) is 13.3 Å². The SMILES string of the molecule is CCC1(C)N=COC1=CCl.Cl. The van der Waals surface area contributed by atoms with E-state index in [1.807, 2.05) is 13.8 Å². The summed E-state index contributed by atoms with van der Waals surface area (Å²) in [5.74, 6) is 0.733. The van der Waals surface area contributed by atoms with Gasteiger partial charge in [0, 0.05) is 5.54 Å². The minimum atomic E-state index is -0.220. The van der Waals surface area contributed by atoms with Crippen molar-refractivity contribution in [3.05, 3.63) is 11.3 Å². The smallest absolute Gasteiger partial charge is 0.177 e. The van der Waals surface area contributed by atoms with Gasteiger partial charge in [0.15, 0.2) is 6.40 Å². The van der Waals surface area contributed by atoms with Crippen LogP contribution >= 0.6 is 24.0 Å². The molecule has 1 aliphatic heterocycles. The first kappa shape index (κ1) is 10.8. The summed E-state index contributed by atoms with van der Waals surface area (Å²) in [7, 11) is 0. The lowest BCUT2D eigenvalue weighted by atomic mass is 9.99. The number of nitrogens with zero attached hydrogens (tertiary/aromatic N) is 1. The van der Waals surface area contributed by atoms with Crippen LogP contribution in [0.5, 0.6) is 0 Å². The molecule has 0 N–H and O–H groups in total. The molecule has 1 aliphatic rings. The van der Waals surface area contributed by atoms with Crippen molar-refractivity contribution in [3.8, 4) is 0 Å². The molecule has 64 valence electrons. The Labute approximate surface area is 77.7 Å². The third kappa shape index (κ3) is 1.88. The predicted molar refractivity (Wildman–Crippen MR) is 49.5 cm³/mol. The molecular weight excluding hydrogens is 185 g/mol. The Morgan fingerprint density at radius 3 is 2.82 bits per heavy atom. The van der Waals surface area contributed by atoms with Crippen LogP contribution in [0.3, 0.4) is 0 Å². The standard InChI is InChI=1S/C7H10ClNO.ClH/c1-3-7(2)6(4-8)10-5-9-7;/h4-5H,3H2,1-2H3;1H. The second kappa shape index (κ2) is 3.98. The zero-order valence-corrected chi connectivity index (χ0v) is 8.08. The van der Waals surface area contributed by atoms with E-state index < -0.39 is 0 Å². The zero-order chi connectivity index (χ0) is 7.61. The molecule has 0 radical (unpaired) electrons. The van der Waals surface area contributed by atoms with E-state index in [9.17, 15) is 0 Å². The van der Waals surface area contributed by atoms with Crippen LogP contribution in [-0.4, -0.2) is 11.9 Å². The number of hydrogen-bond acceptors (Lipinski definition) is 2. The normalized spacial score (nSPS) is 31.7. The van der Waals surface area contributed by atoms with Crippen molar-refractivity contribution in [2.24, 2.45) is 4.99 Å². The molecule has 0 aromatic heterocycles. The van der Waals surface area contributed by atoms with Crippen LogP contribution in [0, 0.1) is 0 Å². The highest BCUT2D eigenvalue weighted by Gasteiger charge is 2.31. The van der Waals surface area contributed by atoms with Crippen molar-refractivity contribution >= 4 is 30.4 Å². The van der Waals surface area contributed by atoms with Crippen molar-refractivity contribution in [1.29, 1.82) is 0 Å². The van der Waals surface area contributed by atoms with Gasteiger partial charge in [-0.1, -0.05) is 18.5 Å². The largest absolute Gasteiger partial charge is 0.447 e.